The lowest BCUT2D eigenvalue weighted by Crippen LogP contribution is -2.61. The van der Waals surface area contributed by atoms with Crippen LogP contribution in [0.3, 0.4) is 0 Å². The van der Waals surface area contributed by atoms with Crippen LogP contribution in [-0.4, -0.2) is 142 Å². The summed E-state index contributed by atoms with van der Waals surface area (Å²) in [7, 11) is 0. The molecular formula is C51H92O14. The van der Waals surface area contributed by atoms with Crippen molar-refractivity contribution >= 4 is 5.97 Å². The third-order valence-corrected chi connectivity index (χ3v) is 12.1. The fourth-order valence-corrected chi connectivity index (χ4v) is 7.88. The van der Waals surface area contributed by atoms with Gasteiger partial charge in [-0.3, -0.25) is 4.79 Å². The fraction of sp³-hybridized carbons (Fsp3) is 0.863. The molecule has 0 bridgehead atoms. The number of hydrogen-bond acceptors (Lipinski definition) is 14. The molecule has 0 amide bonds. The Labute approximate surface area is 391 Å². The van der Waals surface area contributed by atoms with E-state index >= 15 is 0 Å². The molecule has 11 unspecified atom stereocenters. The predicted molar refractivity (Wildman–Crippen MR) is 252 cm³/mol. The first-order valence-electron chi connectivity index (χ1n) is 25.6. The molecule has 65 heavy (non-hydrogen) atoms. The predicted octanol–water partition coefficient (Wildman–Crippen LogP) is 7.41. The van der Waals surface area contributed by atoms with Crippen molar-refractivity contribution in [1.29, 1.82) is 0 Å². The van der Waals surface area contributed by atoms with Crippen LogP contribution < -0.4 is 0 Å². The molecule has 2 heterocycles. The van der Waals surface area contributed by atoms with Crippen molar-refractivity contribution in [2.45, 2.75) is 248 Å². The zero-order chi connectivity index (χ0) is 47.3. The van der Waals surface area contributed by atoms with Crippen LogP contribution in [0, 0.1) is 0 Å². The van der Waals surface area contributed by atoms with Crippen molar-refractivity contribution < 1.29 is 69.0 Å². The minimum atomic E-state index is -1.71. The summed E-state index contributed by atoms with van der Waals surface area (Å²) >= 11 is 0. The summed E-state index contributed by atoms with van der Waals surface area (Å²) in [5.41, 5.74) is 0. The topological polar surface area (TPSA) is 214 Å². The van der Waals surface area contributed by atoms with Crippen molar-refractivity contribution in [3.05, 3.63) is 36.5 Å². The molecule has 14 heteroatoms. The quantitative estimate of drug-likeness (QED) is 0.0181. The van der Waals surface area contributed by atoms with Gasteiger partial charge >= 0.3 is 5.97 Å². The Bertz CT molecular complexity index is 1220. The van der Waals surface area contributed by atoms with Gasteiger partial charge in [-0.1, -0.05) is 147 Å². The summed E-state index contributed by atoms with van der Waals surface area (Å²) in [4.78, 5) is 13.0. The lowest BCUT2D eigenvalue weighted by molar-refractivity contribution is -0.332. The molecule has 2 fully saturated rings. The average Bonchev–Trinajstić information content (AvgIpc) is 3.30. The SMILES string of the molecule is CCCC/C=C\C/C=C\CCCCCCCC(=O)OC(COCCCCCCCC/C=C\CCCCCCCCC)COC1OC(COC2OC(CO)C(O)C(O)C2O)C(O)C(O)C1O. The average molecular weight is 929 g/mol. The van der Waals surface area contributed by atoms with E-state index in [-0.39, 0.29) is 19.6 Å². The van der Waals surface area contributed by atoms with Crippen LogP contribution in [0.1, 0.15) is 181 Å². The highest BCUT2D eigenvalue weighted by atomic mass is 16.7. The standard InChI is InChI=1S/C51H92O14/c1-3-5-7-9-11-13-15-17-19-20-21-23-25-27-29-31-33-35-60-37-40(63-43(53)34-32-30-28-26-24-22-18-16-14-12-10-8-6-4-2)38-61-50-49(59)47(57)45(55)42(65-50)39-62-51-48(58)46(56)44(54)41(36-52)64-51/h10,12,16,18-20,40-42,44-52,54-59H,3-9,11,13-15,17,21-39H2,1-2H3/b12-10-,18-16-,20-19-. The molecule has 2 rings (SSSR count). The molecule has 0 spiro atoms. The highest BCUT2D eigenvalue weighted by molar-refractivity contribution is 5.69. The number of unbranched alkanes of at least 4 members (excludes halogenated alkanes) is 20. The van der Waals surface area contributed by atoms with Crippen LogP contribution >= 0.6 is 0 Å². The van der Waals surface area contributed by atoms with Gasteiger partial charge in [-0.2, -0.15) is 0 Å². The van der Waals surface area contributed by atoms with Crippen LogP contribution in [0.5, 0.6) is 0 Å². The second-order valence-electron chi connectivity index (χ2n) is 18.0. The molecular weight excluding hydrogens is 837 g/mol. The number of aliphatic hydroxyl groups excluding tert-OH is 7. The monoisotopic (exact) mass is 929 g/mol. The lowest BCUT2D eigenvalue weighted by Gasteiger charge is -2.42. The second kappa shape index (κ2) is 39.1. The highest BCUT2D eigenvalue weighted by Gasteiger charge is 2.47. The molecule has 0 saturated carbocycles. The Hall–Kier alpha value is -1.79. The Morgan fingerprint density at radius 3 is 1.54 bits per heavy atom. The van der Waals surface area contributed by atoms with Crippen molar-refractivity contribution in [3.8, 4) is 0 Å². The molecule has 7 N–H and O–H groups in total. The van der Waals surface area contributed by atoms with E-state index in [1.54, 1.807) is 0 Å². The number of esters is 1. The summed E-state index contributed by atoms with van der Waals surface area (Å²) in [6.07, 6.45) is 26.3. The molecule has 2 aliphatic rings. The van der Waals surface area contributed by atoms with E-state index in [0.29, 0.717) is 13.0 Å². The lowest BCUT2D eigenvalue weighted by atomic mass is 9.98. The molecule has 0 radical (unpaired) electrons. The van der Waals surface area contributed by atoms with Gasteiger partial charge in [-0.15, -0.1) is 0 Å². The first-order valence-corrected chi connectivity index (χ1v) is 25.6. The smallest absolute Gasteiger partial charge is 0.306 e. The maximum Gasteiger partial charge on any atom is 0.306 e. The minimum Gasteiger partial charge on any atom is -0.457 e. The third kappa shape index (κ3) is 27.1. The van der Waals surface area contributed by atoms with Gasteiger partial charge in [0.2, 0.25) is 0 Å². The van der Waals surface area contributed by atoms with E-state index < -0.39 is 86.7 Å². The van der Waals surface area contributed by atoms with Gasteiger partial charge in [0.15, 0.2) is 12.6 Å². The van der Waals surface area contributed by atoms with E-state index in [0.717, 1.165) is 70.6 Å². The maximum atomic E-state index is 13.0. The Morgan fingerprint density at radius 2 is 0.969 bits per heavy atom. The first-order chi connectivity index (χ1) is 31.6. The normalized spacial score (nSPS) is 26.8. The van der Waals surface area contributed by atoms with Gasteiger partial charge in [-0.05, 0) is 64.2 Å². The summed E-state index contributed by atoms with van der Waals surface area (Å²) < 4.78 is 34.2. The highest BCUT2D eigenvalue weighted by Crippen LogP contribution is 2.26. The minimum absolute atomic E-state index is 0.0522. The number of carbonyl (C=O) groups excluding carboxylic acids is 1. The summed E-state index contributed by atoms with van der Waals surface area (Å²) in [6, 6.07) is 0. The maximum absolute atomic E-state index is 13.0. The van der Waals surface area contributed by atoms with Crippen molar-refractivity contribution in [2.75, 3.05) is 33.0 Å². The fourth-order valence-electron chi connectivity index (χ4n) is 7.88. The molecule has 14 nitrogen and oxygen atoms in total. The second-order valence-corrected chi connectivity index (χ2v) is 18.0. The molecule has 380 valence electrons. The number of allylic oxidation sites excluding steroid dienone is 6. The Balaban J connectivity index is 1.78. The van der Waals surface area contributed by atoms with Gasteiger partial charge in [0.05, 0.1) is 26.4 Å². The van der Waals surface area contributed by atoms with E-state index in [1.807, 2.05) is 0 Å². The van der Waals surface area contributed by atoms with Crippen molar-refractivity contribution in [3.63, 3.8) is 0 Å². The molecule has 2 saturated heterocycles. The van der Waals surface area contributed by atoms with E-state index in [2.05, 4.69) is 50.3 Å². The Kier molecular flexibility index (Phi) is 35.7. The molecule has 11 atom stereocenters. The molecule has 0 aromatic heterocycles. The number of aliphatic hydroxyl groups is 7. The zero-order valence-corrected chi connectivity index (χ0v) is 40.2. The van der Waals surface area contributed by atoms with E-state index in [9.17, 15) is 40.5 Å². The van der Waals surface area contributed by atoms with Crippen LogP contribution in [-0.2, 0) is 33.2 Å². The van der Waals surface area contributed by atoms with Crippen LogP contribution in [0.25, 0.3) is 0 Å². The molecule has 0 aromatic carbocycles. The van der Waals surface area contributed by atoms with Gasteiger partial charge in [0, 0.05) is 13.0 Å². The van der Waals surface area contributed by atoms with Gasteiger partial charge in [0.1, 0.15) is 54.9 Å². The molecule has 0 aromatic rings. The summed E-state index contributed by atoms with van der Waals surface area (Å²) in [5.74, 6) is -0.392. The number of carbonyl (C=O) groups is 1. The Morgan fingerprint density at radius 1 is 0.508 bits per heavy atom. The van der Waals surface area contributed by atoms with E-state index in [1.165, 1.54) is 83.5 Å². The van der Waals surface area contributed by atoms with Gasteiger partial charge in [0.25, 0.3) is 0 Å². The van der Waals surface area contributed by atoms with Crippen molar-refractivity contribution in [2.24, 2.45) is 0 Å². The number of rotatable bonds is 40. The summed E-state index contributed by atoms with van der Waals surface area (Å²) in [6.45, 7) is 3.61. The first kappa shape index (κ1) is 59.3. The van der Waals surface area contributed by atoms with Crippen LogP contribution in [0.2, 0.25) is 0 Å². The number of ether oxygens (including phenoxy) is 6. The zero-order valence-electron chi connectivity index (χ0n) is 40.2. The van der Waals surface area contributed by atoms with Gasteiger partial charge < -0.3 is 64.2 Å². The van der Waals surface area contributed by atoms with Crippen LogP contribution in [0.15, 0.2) is 36.5 Å². The van der Waals surface area contributed by atoms with Gasteiger partial charge in [-0.25, -0.2) is 0 Å². The van der Waals surface area contributed by atoms with Crippen LogP contribution in [0.4, 0.5) is 0 Å². The molecule has 2 aliphatic heterocycles. The third-order valence-electron chi connectivity index (χ3n) is 12.1. The molecule has 0 aliphatic carbocycles. The number of hydrogen-bond donors (Lipinski definition) is 7. The van der Waals surface area contributed by atoms with E-state index in [4.69, 9.17) is 28.4 Å². The van der Waals surface area contributed by atoms with Crippen molar-refractivity contribution in [1.82, 2.24) is 0 Å². The largest absolute Gasteiger partial charge is 0.457 e. The summed E-state index contributed by atoms with van der Waals surface area (Å²) in [5, 5.41) is 72.1.